The highest BCUT2D eigenvalue weighted by Gasteiger charge is 2.08. The van der Waals surface area contributed by atoms with E-state index >= 15 is 0 Å². The van der Waals surface area contributed by atoms with Gasteiger partial charge in [0.15, 0.2) is 0 Å². The van der Waals surface area contributed by atoms with Gasteiger partial charge in [-0.3, -0.25) is 0 Å². The van der Waals surface area contributed by atoms with Crippen molar-refractivity contribution in [1.29, 1.82) is 0 Å². The normalized spacial score (nSPS) is 9.90. The molecule has 2 aromatic carbocycles. The molecule has 5 nitrogen and oxygen atoms in total. The number of carbonyl (C=O) groups excluding carboxylic acids is 1. The Morgan fingerprint density at radius 1 is 0.950 bits per heavy atom. The highest BCUT2D eigenvalue weighted by molar-refractivity contribution is 5.73. The van der Waals surface area contributed by atoms with Gasteiger partial charge in [-0.05, 0) is 29.8 Å². The van der Waals surface area contributed by atoms with Crippen LogP contribution >= 0.6 is 0 Å². The van der Waals surface area contributed by atoms with E-state index in [0.29, 0.717) is 11.5 Å². The van der Waals surface area contributed by atoms with Gasteiger partial charge in [-0.2, -0.15) is 0 Å². The van der Waals surface area contributed by atoms with Crippen molar-refractivity contribution in [3.8, 4) is 28.4 Å². The minimum Gasteiger partial charge on any atom is -0.497 e. The second-order valence-corrected chi connectivity index (χ2v) is 4.01. The molecule has 2 N–H and O–H groups in total. The van der Waals surface area contributed by atoms with Crippen molar-refractivity contribution in [2.45, 2.75) is 0 Å². The van der Waals surface area contributed by atoms with Crippen LogP contribution in [0.25, 0.3) is 11.1 Å². The van der Waals surface area contributed by atoms with E-state index in [2.05, 4.69) is 0 Å². The second kappa shape index (κ2) is 5.97. The van der Waals surface area contributed by atoms with Crippen LogP contribution in [0.1, 0.15) is 0 Å². The number of rotatable bonds is 4. The van der Waals surface area contributed by atoms with Gasteiger partial charge < -0.3 is 19.9 Å². The van der Waals surface area contributed by atoms with Crippen LogP contribution in [0.2, 0.25) is 0 Å². The number of hydrogen-bond acceptors (Lipinski definition) is 4. The third-order valence-electron chi connectivity index (χ3n) is 2.79. The lowest BCUT2D eigenvalue weighted by Gasteiger charge is -2.11. The molecule has 5 heteroatoms. The van der Waals surface area contributed by atoms with E-state index < -0.39 is 6.09 Å². The Hall–Kier alpha value is -2.69. The molecule has 0 heterocycles. The SMILES string of the molecule is COc1ccc(-c2ccc(OC(N)=O)cc2)c(OC)c1. The molecule has 104 valence electrons. The van der Waals surface area contributed by atoms with Crippen LogP contribution < -0.4 is 19.9 Å². The van der Waals surface area contributed by atoms with E-state index in [1.54, 1.807) is 26.4 Å². The molecule has 0 fully saturated rings. The second-order valence-electron chi connectivity index (χ2n) is 4.01. The fourth-order valence-electron chi connectivity index (χ4n) is 1.86. The Labute approximate surface area is 116 Å². The van der Waals surface area contributed by atoms with Gasteiger partial charge in [0.05, 0.1) is 14.2 Å². The fraction of sp³-hybridized carbons (Fsp3) is 0.133. The zero-order valence-electron chi connectivity index (χ0n) is 11.3. The first-order chi connectivity index (χ1) is 9.63. The average molecular weight is 273 g/mol. The molecule has 1 amide bonds. The number of nitrogens with two attached hydrogens (primary N) is 1. The molecule has 0 aliphatic rings. The summed E-state index contributed by atoms with van der Waals surface area (Å²) in [5, 5.41) is 0. The first-order valence-corrected chi connectivity index (χ1v) is 5.94. The lowest BCUT2D eigenvalue weighted by Crippen LogP contribution is -2.16. The molecule has 0 saturated carbocycles. The van der Waals surface area contributed by atoms with Gasteiger partial charge in [-0.15, -0.1) is 0 Å². The number of primary amides is 1. The number of methoxy groups -OCH3 is 2. The summed E-state index contributed by atoms with van der Waals surface area (Å²) in [4.78, 5) is 10.7. The Balaban J connectivity index is 2.33. The molecule has 0 atom stereocenters. The zero-order chi connectivity index (χ0) is 14.5. The number of carbonyl (C=O) groups is 1. The molecule has 2 aromatic rings. The van der Waals surface area contributed by atoms with E-state index in [0.717, 1.165) is 16.9 Å². The maximum absolute atomic E-state index is 10.7. The van der Waals surface area contributed by atoms with Crippen LogP contribution in [0.3, 0.4) is 0 Å². The van der Waals surface area contributed by atoms with Crippen molar-refractivity contribution in [3.05, 3.63) is 42.5 Å². The molecule has 0 bridgehead atoms. The number of ether oxygens (including phenoxy) is 3. The molecule has 0 aliphatic heterocycles. The van der Waals surface area contributed by atoms with E-state index in [1.165, 1.54) is 0 Å². The van der Waals surface area contributed by atoms with Crippen molar-refractivity contribution in [1.82, 2.24) is 0 Å². The number of amides is 1. The summed E-state index contributed by atoms with van der Waals surface area (Å²) in [7, 11) is 3.20. The summed E-state index contributed by atoms with van der Waals surface area (Å²) in [6.07, 6.45) is -0.834. The largest absolute Gasteiger partial charge is 0.497 e. The van der Waals surface area contributed by atoms with E-state index in [4.69, 9.17) is 19.9 Å². The maximum Gasteiger partial charge on any atom is 0.409 e. The third-order valence-corrected chi connectivity index (χ3v) is 2.79. The molecule has 0 saturated heterocycles. The van der Waals surface area contributed by atoms with Crippen LogP contribution in [0, 0.1) is 0 Å². The van der Waals surface area contributed by atoms with Gasteiger partial charge in [0.25, 0.3) is 0 Å². The van der Waals surface area contributed by atoms with Gasteiger partial charge in [-0.25, -0.2) is 4.79 Å². The molecular weight excluding hydrogens is 258 g/mol. The smallest absolute Gasteiger partial charge is 0.409 e. The molecule has 0 unspecified atom stereocenters. The summed E-state index contributed by atoms with van der Waals surface area (Å²) >= 11 is 0. The molecular formula is C15H15NO4. The van der Waals surface area contributed by atoms with Crippen LogP contribution in [-0.2, 0) is 0 Å². The predicted molar refractivity (Wildman–Crippen MR) is 75.2 cm³/mol. The van der Waals surface area contributed by atoms with Gasteiger partial charge in [0.1, 0.15) is 17.2 Å². The van der Waals surface area contributed by atoms with Gasteiger partial charge in [0, 0.05) is 11.6 Å². The minimum atomic E-state index is -0.834. The average Bonchev–Trinajstić information content (AvgIpc) is 2.47. The topological polar surface area (TPSA) is 70.8 Å². The Morgan fingerprint density at radius 3 is 2.15 bits per heavy atom. The number of hydrogen-bond donors (Lipinski definition) is 1. The Bertz CT molecular complexity index is 608. The Kier molecular flexibility index (Phi) is 4.10. The van der Waals surface area contributed by atoms with Gasteiger partial charge in [0.2, 0.25) is 0 Å². The quantitative estimate of drug-likeness (QED) is 0.929. The van der Waals surface area contributed by atoms with Crippen molar-refractivity contribution >= 4 is 6.09 Å². The number of benzene rings is 2. The van der Waals surface area contributed by atoms with Gasteiger partial charge >= 0.3 is 6.09 Å². The summed E-state index contributed by atoms with van der Waals surface area (Å²) in [6, 6.07) is 12.6. The van der Waals surface area contributed by atoms with Gasteiger partial charge in [-0.1, -0.05) is 12.1 Å². The maximum atomic E-state index is 10.7. The highest BCUT2D eigenvalue weighted by Crippen LogP contribution is 2.33. The minimum absolute atomic E-state index is 0.397. The van der Waals surface area contributed by atoms with Crippen LogP contribution in [0.15, 0.2) is 42.5 Å². The van der Waals surface area contributed by atoms with Crippen molar-refractivity contribution < 1.29 is 19.0 Å². The first-order valence-electron chi connectivity index (χ1n) is 5.94. The molecule has 0 aliphatic carbocycles. The van der Waals surface area contributed by atoms with Crippen molar-refractivity contribution in [3.63, 3.8) is 0 Å². The Morgan fingerprint density at radius 2 is 1.60 bits per heavy atom. The summed E-state index contributed by atoms with van der Waals surface area (Å²) in [6.45, 7) is 0. The van der Waals surface area contributed by atoms with Crippen molar-refractivity contribution in [2.75, 3.05) is 14.2 Å². The van der Waals surface area contributed by atoms with Crippen LogP contribution in [0.4, 0.5) is 4.79 Å². The molecule has 0 aromatic heterocycles. The van der Waals surface area contributed by atoms with Crippen LogP contribution in [-0.4, -0.2) is 20.3 Å². The summed E-state index contributed by atoms with van der Waals surface area (Å²) in [5.74, 6) is 1.82. The monoisotopic (exact) mass is 273 g/mol. The van der Waals surface area contributed by atoms with E-state index in [-0.39, 0.29) is 0 Å². The molecule has 0 radical (unpaired) electrons. The third kappa shape index (κ3) is 3.00. The van der Waals surface area contributed by atoms with Crippen LogP contribution in [0.5, 0.6) is 17.2 Å². The molecule has 2 rings (SSSR count). The molecule has 0 spiro atoms. The zero-order valence-corrected chi connectivity index (χ0v) is 11.3. The van der Waals surface area contributed by atoms with E-state index in [1.807, 2.05) is 30.3 Å². The lowest BCUT2D eigenvalue weighted by molar-refractivity contribution is 0.211. The fourth-order valence-corrected chi connectivity index (χ4v) is 1.86. The first kappa shape index (κ1) is 13.7. The highest BCUT2D eigenvalue weighted by atomic mass is 16.5. The predicted octanol–water partition coefficient (Wildman–Crippen LogP) is 2.83. The van der Waals surface area contributed by atoms with Crippen molar-refractivity contribution in [2.24, 2.45) is 5.73 Å². The lowest BCUT2D eigenvalue weighted by atomic mass is 10.0. The summed E-state index contributed by atoms with van der Waals surface area (Å²) < 4.78 is 15.3. The standard InChI is InChI=1S/C15H15NO4/c1-18-12-7-8-13(14(9-12)19-2)10-3-5-11(6-4-10)20-15(16)17/h3-9H,1-2H3,(H2,16,17). The molecule has 20 heavy (non-hydrogen) atoms. The summed E-state index contributed by atoms with van der Waals surface area (Å²) in [5.41, 5.74) is 6.80. The van der Waals surface area contributed by atoms with E-state index in [9.17, 15) is 4.79 Å².